The van der Waals surface area contributed by atoms with Crippen molar-refractivity contribution < 1.29 is 4.52 Å². The van der Waals surface area contributed by atoms with Crippen molar-refractivity contribution >= 4 is 18.3 Å². The van der Waals surface area contributed by atoms with Gasteiger partial charge in [-0.05, 0) is 55.4 Å². The topological polar surface area (TPSA) is 39.5 Å². The summed E-state index contributed by atoms with van der Waals surface area (Å²) in [4.78, 5) is 0. The van der Waals surface area contributed by atoms with Gasteiger partial charge in [0.05, 0.1) is 19.1 Å². The van der Waals surface area contributed by atoms with Crippen LogP contribution in [0.4, 0.5) is 0 Å². The van der Waals surface area contributed by atoms with Crippen LogP contribution in [0.1, 0.15) is 61.8 Å². The molecule has 1 unspecified atom stereocenters. The number of nitriles is 1. The molecule has 0 saturated carbocycles. The largest absolute Gasteiger partial charge is 0.330 e. The molecule has 0 aromatic carbocycles. The van der Waals surface area contributed by atoms with E-state index in [1.54, 1.807) is 0 Å². The van der Waals surface area contributed by atoms with Crippen LogP contribution in [0.2, 0.25) is 0 Å². The van der Waals surface area contributed by atoms with E-state index in [2.05, 4.69) is 70.8 Å². The quantitative estimate of drug-likeness (QED) is 0.461. The fraction of sp³-hybridized carbons (Fsp3) is 0.933. The highest BCUT2D eigenvalue weighted by Crippen LogP contribution is 2.50. The Balaban J connectivity index is 0. The molecule has 0 aromatic heterocycles. The summed E-state index contributed by atoms with van der Waals surface area (Å²) in [7, 11) is -0.841. The normalized spacial score (nSPS) is 12.1. The molecule has 0 amide bonds. The predicted octanol–water partition coefficient (Wildman–Crippen LogP) is 4.44. The minimum Gasteiger partial charge on any atom is -0.330 e. The second-order valence-corrected chi connectivity index (χ2v) is 7.82. The van der Waals surface area contributed by atoms with Gasteiger partial charge in [-0.25, -0.2) is 9.34 Å². The first-order valence-corrected chi connectivity index (χ1v) is 8.77. The zero-order valence-electron chi connectivity index (χ0n) is 15.1. The van der Waals surface area contributed by atoms with Crippen LogP contribution in [0.5, 0.6) is 0 Å². The maximum absolute atomic E-state index is 8.74. The van der Waals surface area contributed by atoms with Crippen molar-refractivity contribution in [3.05, 3.63) is 0 Å². The maximum atomic E-state index is 8.74. The molecule has 126 valence electrons. The average molecular weight is 335 g/mol. The number of rotatable bonds is 9. The third-order valence-corrected chi connectivity index (χ3v) is 5.98. The lowest BCUT2D eigenvalue weighted by molar-refractivity contribution is 0.189. The van der Waals surface area contributed by atoms with Crippen LogP contribution in [-0.4, -0.2) is 40.1 Å². The fourth-order valence-electron chi connectivity index (χ4n) is 2.41. The maximum Gasteiger partial charge on any atom is 0.188 e. The number of hydrogen-bond acceptors (Lipinski definition) is 4. The highest BCUT2D eigenvalue weighted by atomic mass is 31.2. The summed E-state index contributed by atoms with van der Waals surface area (Å²) in [5.74, 6) is 0. The van der Waals surface area contributed by atoms with Gasteiger partial charge in [0.1, 0.15) is 0 Å². The molecule has 0 aliphatic heterocycles. The summed E-state index contributed by atoms with van der Waals surface area (Å²) in [6, 6.07) is 3.84. The summed E-state index contributed by atoms with van der Waals surface area (Å²) < 4.78 is 11.0. The van der Waals surface area contributed by atoms with Gasteiger partial charge in [0, 0.05) is 24.2 Å². The summed E-state index contributed by atoms with van der Waals surface area (Å²) in [5.41, 5.74) is 0. The first-order valence-electron chi connectivity index (χ1n) is 7.60. The van der Waals surface area contributed by atoms with Crippen LogP contribution in [0.3, 0.4) is 0 Å². The van der Waals surface area contributed by atoms with E-state index < -0.39 is 8.45 Å². The zero-order chi connectivity index (χ0) is 15.9. The Morgan fingerprint density at radius 2 is 1.19 bits per heavy atom. The Bertz CT molecular complexity index is 268. The molecule has 0 fully saturated rings. The van der Waals surface area contributed by atoms with Gasteiger partial charge in [0.25, 0.3) is 0 Å². The molecule has 0 aliphatic carbocycles. The lowest BCUT2D eigenvalue weighted by atomic mass is 10.3. The van der Waals surface area contributed by atoms with Crippen LogP contribution in [-0.2, 0) is 4.52 Å². The van der Waals surface area contributed by atoms with Gasteiger partial charge in [-0.15, -0.1) is 0 Å². The fourth-order valence-corrected chi connectivity index (χ4v) is 4.75. The molecule has 6 heteroatoms. The molecule has 4 nitrogen and oxygen atoms in total. The molecule has 0 radical (unpaired) electrons. The average Bonchev–Trinajstić information content (AvgIpc) is 2.26. The summed E-state index contributed by atoms with van der Waals surface area (Å²) in [6.45, 7) is 18.2. The van der Waals surface area contributed by atoms with Gasteiger partial charge in [-0.3, -0.25) is 0 Å². The lowest BCUT2D eigenvalue weighted by Gasteiger charge is -2.45. The highest BCUT2D eigenvalue weighted by molar-refractivity contribution is 7.47. The van der Waals surface area contributed by atoms with E-state index >= 15 is 0 Å². The van der Waals surface area contributed by atoms with E-state index in [9.17, 15) is 0 Å². The number of nitrogens with zero attached hydrogens (tertiary/aromatic N) is 3. The van der Waals surface area contributed by atoms with E-state index in [0.29, 0.717) is 37.2 Å². The van der Waals surface area contributed by atoms with Crippen molar-refractivity contribution in [1.29, 1.82) is 5.26 Å². The van der Waals surface area contributed by atoms with Gasteiger partial charge < -0.3 is 4.52 Å². The predicted molar refractivity (Wildman–Crippen MR) is 98.4 cm³/mol. The summed E-state index contributed by atoms with van der Waals surface area (Å²) in [6.07, 6.45) is 0.451. The molecule has 0 saturated heterocycles. The third kappa shape index (κ3) is 7.87. The SMILES string of the molecule is CC(C)N(C(C)C)P(OCCC#N)N(C(C)C)C(C)C.P. The van der Waals surface area contributed by atoms with Crippen molar-refractivity contribution in [3.8, 4) is 6.07 Å². The second kappa shape index (κ2) is 11.8. The Morgan fingerprint density at radius 1 is 0.857 bits per heavy atom. The Labute approximate surface area is 136 Å². The van der Waals surface area contributed by atoms with E-state index in [1.165, 1.54) is 0 Å². The van der Waals surface area contributed by atoms with Crippen LogP contribution in [0, 0.1) is 11.3 Å². The van der Waals surface area contributed by atoms with Crippen LogP contribution >= 0.6 is 18.3 Å². The molecule has 0 N–H and O–H groups in total. The van der Waals surface area contributed by atoms with Gasteiger partial charge in [-0.2, -0.15) is 15.2 Å². The molecule has 0 aromatic rings. The molecular formula is C15H35N3OP2. The monoisotopic (exact) mass is 335 g/mol. The van der Waals surface area contributed by atoms with Crippen molar-refractivity contribution in [1.82, 2.24) is 9.34 Å². The molecule has 1 atom stereocenters. The van der Waals surface area contributed by atoms with Gasteiger partial charge in [0.2, 0.25) is 0 Å². The molecule has 0 bridgehead atoms. The molecule has 0 spiro atoms. The Kier molecular flexibility index (Phi) is 13.1. The van der Waals surface area contributed by atoms with Gasteiger partial charge >= 0.3 is 0 Å². The summed E-state index contributed by atoms with van der Waals surface area (Å²) >= 11 is 0. The minimum atomic E-state index is -0.841. The zero-order valence-corrected chi connectivity index (χ0v) is 17.4. The minimum absolute atomic E-state index is 0. The Morgan fingerprint density at radius 3 is 1.43 bits per heavy atom. The molecule has 21 heavy (non-hydrogen) atoms. The van der Waals surface area contributed by atoms with Crippen molar-refractivity contribution in [3.63, 3.8) is 0 Å². The first kappa shape index (κ1) is 23.5. The van der Waals surface area contributed by atoms with E-state index in [0.717, 1.165) is 0 Å². The van der Waals surface area contributed by atoms with Crippen molar-refractivity contribution in [2.45, 2.75) is 86.0 Å². The Hall–Kier alpha value is 0.230. The van der Waals surface area contributed by atoms with E-state index in [1.807, 2.05) is 0 Å². The second-order valence-electron chi connectivity index (χ2n) is 6.13. The van der Waals surface area contributed by atoms with E-state index in [-0.39, 0.29) is 9.90 Å². The van der Waals surface area contributed by atoms with Crippen molar-refractivity contribution in [2.75, 3.05) is 6.61 Å². The first-order chi connectivity index (χ1) is 9.23. The van der Waals surface area contributed by atoms with Gasteiger partial charge in [-0.1, -0.05) is 0 Å². The molecule has 0 aliphatic rings. The highest BCUT2D eigenvalue weighted by Gasteiger charge is 2.34. The number of hydrogen-bond donors (Lipinski definition) is 0. The van der Waals surface area contributed by atoms with E-state index in [4.69, 9.17) is 9.79 Å². The smallest absolute Gasteiger partial charge is 0.188 e. The van der Waals surface area contributed by atoms with Crippen LogP contribution < -0.4 is 0 Å². The molecule has 0 heterocycles. The molecule has 0 rings (SSSR count). The molecular weight excluding hydrogens is 300 g/mol. The summed E-state index contributed by atoms with van der Waals surface area (Å²) in [5, 5.41) is 8.74. The van der Waals surface area contributed by atoms with Gasteiger partial charge in [0.15, 0.2) is 8.45 Å². The third-order valence-electron chi connectivity index (χ3n) is 2.93. The van der Waals surface area contributed by atoms with Crippen molar-refractivity contribution in [2.24, 2.45) is 0 Å². The lowest BCUT2D eigenvalue weighted by Crippen LogP contribution is -2.43. The van der Waals surface area contributed by atoms with Crippen LogP contribution in [0.25, 0.3) is 0 Å². The standard InChI is InChI=1S/C15H32N3OP.H3P/c1-12(2)17(13(3)4)20(19-11-9-10-16)18(14(5)6)15(7)8;/h12-15H,9,11H2,1-8H3;1H3. The van der Waals surface area contributed by atoms with Crippen LogP contribution in [0.15, 0.2) is 0 Å².